The fraction of sp³-hybridized carbons (Fsp3) is 0.343. The molecule has 9 heteroatoms. The number of unbranched alkanes of at least 4 members (excludes halogenated alkanes) is 2. The third kappa shape index (κ3) is 5.52. The Bertz CT molecular complexity index is 1780. The second-order valence-corrected chi connectivity index (χ2v) is 12.3. The third-order valence-electron chi connectivity index (χ3n) is 7.94. The van der Waals surface area contributed by atoms with Crippen molar-refractivity contribution in [2.45, 2.75) is 65.5 Å². The van der Waals surface area contributed by atoms with E-state index >= 15 is 0 Å². The average Bonchev–Trinajstić information content (AvgIpc) is 3.67. The highest BCUT2D eigenvalue weighted by Crippen LogP contribution is 2.46. The Hall–Kier alpha value is -4.37. The van der Waals surface area contributed by atoms with Gasteiger partial charge in [-0.1, -0.05) is 43.2 Å². The normalized spacial score (nSPS) is 19.0. The van der Waals surface area contributed by atoms with Crippen LogP contribution >= 0.6 is 11.3 Å². The molecule has 1 saturated heterocycles. The van der Waals surface area contributed by atoms with Gasteiger partial charge in [-0.3, -0.25) is 14.5 Å². The van der Waals surface area contributed by atoms with Crippen molar-refractivity contribution in [2.24, 2.45) is 0 Å². The summed E-state index contributed by atoms with van der Waals surface area (Å²) < 4.78 is 18.8. The molecule has 0 bridgehead atoms. The Morgan fingerprint density at radius 1 is 1.05 bits per heavy atom. The monoisotopic (exact) mass is 612 g/mol. The number of ether oxygens (including phenoxy) is 3. The number of Topliss-reactive ketones (excluding diaryl/α,β-unsaturated/α-hetero) is 1. The maximum atomic E-state index is 13.8. The summed E-state index contributed by atoms with van der Waals surface area (Å²) in [5.41, 5.74) is 3.79. The van der Waals surface area contributed by atoms with E-state index in [0.29, 0.717) is 47.4 Å². The molecular weight excluding hydrogens is 576 g/mol. The van der Waals surface area contributed by atoms with Gasteiger partial charge in [-0.05, 0) is 86.3 Å². The Morgan fingerprint density at radius 3 is 2.68 bits per heavy atom. The van der Waals surface area contributed by atoms with E-state index in [1.807, 2.05) is 57.2 Å². The van der Waals surface area contributed by atoms with Gasteiger partial charge in [-0.25, -0.2) is 4.98 Å². The van der Waals surface area contributed by atoms with Crippen LogP contribution < -0.4 is 19.1 Å². The number of aromatic nitrogens is 1. The predicted octanol–water partition coefficient (Wildman–Crippen LogP) is 7.52. The summed E-state index contributed by atoms with van der Waals surface area (Å²) in [6, 6.07) is 15.7. The smallest absolute Gasteiger partial charge is 0.301 e. The molecule has 0 aliphatic carbocycles. The van der Waals surface area contributed by atoms with E-state index in [1.165, 1.54) is 16.2 Å². The van der Waals surface area contributed by atoms with Crippen LogP contribution in [0, 0.1) is 6.92 Å². The van der Waals surface area contributed by atoms with Crippen LogP contribution in [0.1, 0.15) is 68.3 Å². The number of carbonyl (C=O) groups is 2. The number of nitrogens with zero attached hydrogens (tertiary/aromatic N) is 2. The van der Waals surface area contributed by atoms with Gasteiger partial charge in [0.2, 0.25) is 0 Å². The molecule has 2 atom stereocenters. The summed E-state index contributed by atoms with van der Waals surface area (Å²) in [7, 11) is 0. The molecule has 1 N–H and O–H groups in total. The van der Waals surface area contributed by atoms with Crippen molar-refractivity contribution in [1.82, 2.24) is 4.98 Å². The predicted molar refractivity (Wildman–Crippen MR) is 172 cm³/mol. The lowest BCUT2D eigenvalue weighted by Crippen LogP contribution is -2.29. The Balaban J connectivity index is 1.49. The molecule has 0 spiro atoms. The first-order chi connectivity index (χ1) is 21.3. The van der Waals surface area contributed by atoms with Crippen LogP contribution in [0.4, 0.5) is 5.13 Å². The van der Waals surface area contributed by atoms with Crippen LogP contribution in [0.15, 0.2) is 60.2 Å². The number of hydrogen-bond donors (Lipinski definition) is 1. The molecule has 4 aromatic rings. The van der Waals surface area contributed by atoms with E-state index in [1.54, 1.807) is 18.2 Å². The minimum absolute atomic E-state index is 0.00332. The average molecular weight is 613 g/mol. The van der Waals surface area contributed by atoms with Gasteiger partial charge in [0.25, 0.3) is 5.78 Å². The van der Waals surface area contributed by atoms with Crippen molar-refractivity contribution in [2.75, 3.05) is 18.1 Å². The van der Waals surface area contributed by atoms with Gasteiger partial charge in [-0.15, -0.1) is 0 Å². The standard InChI is InChI=1S/C35H36N2O6S/c1-5-7-8-15-42-27-14-10-22(19-28(27)41-6-2)31-30(32(38)23-11-13-26-24(18-23)17-21(4)43-26)33(39)34(40)37(31)35-36-25-12-9-20(3)16-29(25)44-35/h9-14,16,18-19,21,31,38H,5-8,15,17H2,1-4H3/b32-30-. The molecule has 8 nitrogen and oxygen atoms in total. The lowest BCUT2D eigenvalue weighted by Gasteiger charge is -2.24. The summed E-state index contributed by atoms with van der Waals surface area (Å²) in [4.78, 5) is 33.8. The van der Waals surface area contributed by atoms with Crippen LogP contribution in [-0.4, -0.2) is 41.1 Å². The van der Waals surface area contributed by atoms with E-state index in [-0.39, 0.29) is 17.4 Å². The van der Waals surface area contributed by atoms with E-state index < -0.39 is 17.7 Å². The number of carbonyl (C=O) groups excluding carboxylic acids is 2. The molecule has 1 amide bonds. The SMILES string of the molecule is CCCCCOc1ccc(C2/C(=C(/O)c3ccc4c(c3)CC(C)O4)C(=O)C(=O)N2c2nc3ccc(C)cc3s2)cc1OCC. The molecule has 44 heavy (non-hydrogen) atoms. The number of hydrogen-bond acceptors (Lipinski definition) is 8. The maximum absolute atomic E-state index is 13.8. The highest BCUT2D eigenvalue weighted by Gasteiger charge is 2.48. The van der Waals surface area contributed by atoms with Gasteiger partial charge in [0.05, 0.1) is 35.0 Å². The molecule has 6 rings (SSSR count). The molecule has 2 aliphatic rings. The first-order valence-electron chi connectivity index (χ1n) is 15.2. The third-order valence-corrected chi connectivity index (χ3v) is 8.96. The number of amides is 1. The number of aliphatic hydroxyl groups is 1. The number of benzene rings is 3. The zero-order valence-corrected chi connectivity index (χ0v) is 26.2. The van der Waals surface area contributed by atoms with Crippen LogP contribution in [0.3, 0.4) is 0 Å². The number of anilines is 1. The molecule has 2 unspecified atom stereocenters. The lowest BCUT2D eigenvalue weighted by atomic mass is 9.94. The van der Waals surface area contributed by atoms with Crippen molar-refractivity contribution in [1.29, 1.82) is 0 Å². The minimum atomic E-state index is -0.937. The quantitative estimate of drug-likeness (QED) is 0.0856. The summed E-state index contributed by atoms with van der Waals surface area (Å²) >= 11 is 1.34. The largest absolute Gasteiger partial charge is 0.507 e. The van der Waals surface area contributed by atoms with Crippen molar-refractivity contribution in [3.05, 3.63) is 82.4 Å². The van der Waals surface area contributed by atoms with E-state index in [9.17, 15) is 14.7 Å². The van der Waals surface area contributed by atoms with Gasteiger partial charge < -0.3 is 19.3 Å². The number of thiazole rings is 1. The summed E-state index contributed by atoms with van der Waals surface area (Å²) in [6.45, 7) is 8.97. The van der Waals surface area contributed by atoms with Crippen molar-refractivity contribution >= 4 is 44.1 Å². The van der Waals surface area contributed by atoms with Crippen LogP contribution in [0.25, 0.3) is 16.0 Å². The van der Waals surface area contributed by atoms with E-state index in [0.717, 1.165) is 46.4 Å². The molecule has 3 heterocycles. The van der Waals surface area contributed by atoms with Crippen LogP contribution in [0.5, 0.6) is 17.2 Å². The second-order valence-electron chi connectivity index (χ2n) is 11.3. The number of aliphatic hydroxyl groups excluding tert-OH is 1. The molecule has 1 aromatic heterocycles. The second kappa shape index (κ2) is 12.3. The Morgan fingerprint density at radius 2 is 1.89 bits per heavy atom. The van der Waals surface area contributed by atoms with Gasteiger partial charge in [0.1, 0.15) is 17.6 Å². The summed E-state index contributed by atoms with van der Waals surface area (Å²) in [5, 5.41) is 12.1. The highest BCUT2D eigenvalue weighted by molar-refractivity contribution is 7.22. The van der Waals surface area contributed by atoms with Crippen molar-refractivity contribution in [3.63, 3.8) is 0 Å². The topological polar surface area (TPSA) is 98.2 Å². The molecule has 0 saturated carbocycles. The molecule has 228 valence electrons. The molecule has 0 radical (unpaired) electrons. The molecular formula is C35H36N2O6S. The lowest BCUT2D eigenvalue weighted by molar-refractivity contribution is -0.132. The van der Waals surface area contributed by atoms with Gasteiger partial charge in [0, 0.05) is 12.0 Å². The zero-order valence-electron chi connectivity index (χ0n) is 25.4. The first-order valence-corrected chi connectivity index (χ1v) is 16.0. The Labute approximate surface area is 260 Å². The molecule has 1 fully saturated rings. The van der Waals surface area contributed by atoms with Gasteiger partial charge >= 0.3 is 5.91 Å². The number of fused-ring (bicyclic) bond motifs is 2. The minimum Gasteiger partial charge on any atom is -0.507 e. The van der Waals surface area contributed by atoms with Gasteiger partial charge in [0.15, 0.2) is 16.6 Å². The molecule has 2 aliphatic heterocycles. The maximum Gasteiger partial charge on any atom is 0.301 e. The number of rotatable bonds is 10. The van der Waals surface area contributed by atoms with Crippen molar-refractivity contribution in [3.8, 4) is 17.2 Å². The fourth-order valence-corrected chi connectivity index (χ4v) is 6.90. The van der Waals surface area contributed by atoms with E-state index in [4.69, 9.17) is 19.2 Å². The Kier molecular flexibility index (Phi) is 8.31. The first kappa shape index (κ1) is 29.7. The van der Waals surface area contributed by atoms with Crippen molar-refractivity contribution < 1.29 is 28.9 Å². The van der Waals surface area contributed by atoms with Crippen LogP contribution in [-0.2, 0) is 16.0 Å². The summed E-state index contributed by atoms with van der Waals surface area (Å²) in [5.74, 6) is 0.0939. The van der Waals surface area contributed by atoms with Crippen LogP contribution in [0.2, 0.25) is 0 Å². The van der Waals surface area contributed by atoms with E-state index in [2.05, 4.69) is 6.92 Å². The zero-order chi connectivity index (χ0) is 31.0. The number of aryl methyl sites for hydroxylation is 1. The summed E-state index contributed by atoms with van der Waals surface area (Å²) in [6.07, 6.45) is 3.78. The van der Waals surface area contributed by atoms with Gasteiger partial charge in [-0.2, -0.15) is 0 Å². The highest BCUT2D eigenvalue weighted by atomic mass is 32.1. The number of ketones is 1. The fourth-order valence-electron chi connectivity index (χ4n) is 5.81. The molecule has 3 aromatic carbocycles.